The first-order valence-electron chi connectivity index (χ1n) is 9.08. The predicted octanol–water partition coefficient (Wildman–Crippen LogP) is 2.35. The standard InChI is InChI=1S/C19H28N2O3/c1-3-22-11-16-6-7-20(2)19(9-16)12-21(13-19)10-15-4-5-17-18(8-15)24-14-23-17/h4-5,8,16H,3,6-7,9-14H2,1-2H3. The van der Waals surface area contributed by atoms with E-state index in [4.69, 9.17) is 14.2 Å². The van der Waals surface area contributed by atoms with Crippen LogP contribution in [-0.2, 0) is 11.3 Å². The second-order valence-electron chi connectivity index (χ2n) is 7.50. The molecule has 5 nitrogen and oxygen atoms in total. The van der Waals surface area contributed by atoms with E-state index in [0.29, 0.717) is 18.2 Å². The van der Waals surface area contributed by atoms with Crippen LogP contribution in [0, 0.1) is 5.92 Å². The Hall–Kier alpha value is -1.30. The molecule has 0 aromatic heterocycles. The minimum Gasteiger partial charge on any atom is -0.454 e. The predicted molar refractivity (Wildman–Crippen MR) is 92.4 cm³/mol. The number of hydrogen-bond donors (Lipinski definition) is 0. The van der Waals surface area contributed by atoms with Crippen molar-refractivity contribution in [1.29, 1.82) is 0 Å². The summed E-state index contributed by atoms with van der Waals surface area (Å²) >= 11 is 0. The van der Waals surface area contributed by atoms with E-state index >= 15 is 0 Å². The lowest BCUT2D eigenvalue weighted by Gasteiger charge is -2.58. The third-order valence-corrected chi connectivity index (χ3v) is 5.79. The summed E-state index contributed by atoms with van der Waals surface area (Å²) in [6.45, 7) is 8.67. The number of hydrogen-bond acceptors (Lipinski definition) is 5. The zero-order valence-electron chi connectivity index (χ0n) is 14.8. The first-order chi connectivity index (χ1) is 11.7. The van der Waals surface area contributed by atoms with E-state index in [2.05, 4.69) is 35.9 Å². The van der Waals surface area contributed by atoms with Gasteiger partial charge in [0.25, 0.3) is 0 Å². The van der Waals surface area contributed by atoms with Crippen molar-refractivity contribution < 1.29 is 14.2 Å². The van der Waals surface area contributed by atoms with Gasteiger partial charge in [-0.15, -0.1) is 0 Å². The van der Waals surface area contributed by atoms with E-state index in [1.165, 1.54) is 24.9 Å². The number of nitrogens with zero attached hydrogens (tertiary/aromatic N) is 2. The summed E-state index contributed by atoms with van der Waals surface area (Å²) in [7, 11) is 2.29. The van der Waals surface area contributed by atoms with Crippen LogP contribution in [0.5, 0.6) is 11.5 Å². The lowest BCUT2D eigenvalue weighted by molar-refractivity contribution is -0.0922. The van der Waals surface area contributed by atoms with Crippen LogP contribution in [0.3, 0.4) is 0 Å². The molecule has 2 fully saturated rings. The largest absolute Gasteiger partial charge is 0.454 e. The van der Waals surface area contributed by atoms with E-state index < -0.39 is 0 Å². The first-order valence-corrected chi connectivity index (χ1v) is 9.08. The van der Waals surface area contributed by atoms with Crippen molar-refractivity contribution in [2.24, 2.45) is 5.92 Å². The Kier molecular flexibility index (Phi) is 4.41. The molecular formula is C19H28N2O3. The van der Waals surface area contributed by atoms with Gasteiger partial charge in [-0.1, -0.05) is 6.07 Å². The zero-order chi connectivity index (χ0) is 16.6. The SMILES string of the molecule is CCOCC1CCN(C)C2(C1)CN(Cc1ccc3c(c1)OCO3)C2. The van der Waals surface area contributed by atoms with Gasteiger partial charge in [-0.25, -0.2) is 0 Å². The van der Waals surface area contributed by atoms with Crippen LogP contribution in [-0.4, -0.2) is 62.0 Å². The number of ether oxygens (including phenoxy) is 3. The first kappa shape index (κ1) is 16.2. The van der Waals surface area contributed by atoms with E-state index in [9.17, 15) is 0 Å². The van der Waals surface area contributed by atoms with E-state index in [1.807, 2.05) is 6.07 Å². The highest BCUT2D eigenvalue weighted by Gasteiger charge is 2.49. The highest BCUT2D eigenvalue weighted by atomic mass is 16.7. The molecule has 0 radical (unpaired) electrons. The van der Waals surface area contributed by atoms with Crippen LogP contribution in [0.25, 0.3) is 0 Å². The van der Waals surface area contributed by atoms with Crippen LogP contribution < -0.4 is 9.47 Å². The fraction of sp³-hybridized carbons (Fsp3) is 0.684. The molecule has 0 bridgehead atoms. The lowest BCUT2D eigenvalue weighted by atomic mass is 9.75. The molecule has 5 heteroatoms. The quantitative estimate of drug-likeness (QED) is 0.827. The van der Waals surface area contributed by atoms with Crippen LogP contribution in [0.4, 0.5) is 0 Å². The Labute approximate surface area is 144 Å². The summed E-state index contributed by atoms with van der Waals surface area (Å²) in [6, 6.07) is 6.30. The zero-order valence-corrected chi connectivity index (χ0v) is 14.8. The second kappa shape index (κ2) is 6.54. The van der Waals surface area contributed by atoms with Crippen molar-refractivity contribution in [3.8, 4) is 11.5 Å². The van der Waals surface area contributed by atoms with Crippen LogP contribution in [0.1, 0.15) is 25.3 Å². The Morgan fingerprint density at radius 1 is 1.25 bits per heavy atom. The molecule has 0 amide bonds. The molecule has 0 N–H and O–H groups in total. The van der Waals surface area contributed by atoms with Gasteiger partial charge in [0.15, 0.2) is 11.5 Å². The monoisotopic (exact) mass is 332 g/mol. The topological polar surface area (TPSA) is 34.2 Å². The number of likely N-dealkylation sites (N-methyl/N-ethyl adjacent to an activating group) is 1. The van der Waals surface area contributed by atoms with Crippen molar-refractivity contribution >= 4 is 0 Å². The van der Waals surface area contributed by atoms with Crippen molar-refractivity contribution in [2.45, 2.75) is 31.8 Å². The average molecular weight is 332 g/mol. The molecule has 0 saturated carbocycles. The van der Waals surface area contributed by atoms with Crippen LogP contribution in [0.15, 0.2) is 18.2 Å². The highest BCUT2D eigenvalue weighted by Crippen LogP contribution is 2.39. The molecule has 2 saturated heterocycles. The molecule has 3 heterocycles. The number of likely N-dealkylation sites (tertiary alicyclic amines) is 2. The number of fused-ring (bicyclic) bond motifs is 1. The van der Waals surface area contributed by atoms with Gasteiger partial charge >= 0.3 is 0 Å². The Morgan fingerprint density at radius 3 is 2.92 bits per heavy atom. The highest BCUT2D eigenvalue weighted by molar-refractivity contribution is 5.44. The summed E-state index contributed by atoms with van der Waals surface area (Å²) in [6.07, 6.45) is 2.53. The minimum atomic E-state index is 0.345. The van der Waals surface area contributed by atoms with Crippen molar-refractivity contribution in [3.05, 3.63) is 23.8 Å². The van der Waals surface area contributed by atoms with Gasteiger partial charge in [0, 0.05) is 38.4 Å². The fourth-order valence-electron chi connectivity index (χ4n) is 4.40. The Morgan fingerprint density at radius 2 is 2.08 bits per heavy atom. The van der Waals surface area contributed by atoms with Crippen molar-refractivity contribution in [2.75, 3.05) is 46.7 Å². The molecule has 1 aromatic rings. The minimum absolute atomic E-state index is 0.345. The third kappa shape index (κ3) is 3.01. The summed E-state index contributed by atoms with van der Waals surface area (Å²) < 4.78 is 16.6. The molecule has 3 aliphatic heterocycles. The summed E-state index contributed by atoms with van der Waals surface area (Å²) in [5.74, 6) is 2.47. The molecule has 24 heavy (non-hydrogen) atoms. The Bertz CT molecular complexity index is 584. The van der Waals surface area contributed by atoms with Crippen LogP contribution in [0.2, 0.25) is 0 Å². The third-order valence-electron chi connectivity index (χ3n) is 5.79. The van der Waals surface area contributed by atoms with Crippen LogP contribution >= 0.6 is 0 Å². The molecule has 1 aromatic carbocycles. The van der Waals surface area contributed by atoms with Crippen molar-refractivity contribution in [3.63, 3.8) is 0 Å². The maximum atomic E-state index is 5.68. The number of benzene rings is 1. The van der Waals surface area contributed by atoms with E-state index in [1.54, 1.807) is 0 Å². The molecule has 1 unspecified atom stereocenters. The maximum Gasteiger partial charge on any atom is 0.231 e. The van der Waals surface area contributed by atoms with Gasteiger partial charge in [0.1, 0.15) is 0 Å². The van der Waals surface area contributed by atoms with Gasteiger partial charge in [0.05, 0.1) is 0 Å². The summed E-state index contributed by atoms with van der Waals surface area (Å²) in [5.41, 5.74) is 1.66. The van der Waals surface area contributed by atoms with E-state index in [-0.39, 0.29) is 0 Å². The molecule has 1 spiro atoms. The van der Waals surface area contributed by atoms with Gasteiger partial charge in [-0.3, -0.25) is 9.80 Å². The summed E-state index contributed by atoms with van der Waals surface area (Å²) in [4.78, 5) is 5.11. The molecule has 0 aliphatic carbocycles. The van der Waals surface area contributed by atoms with Gasteiger partial charge in [0.2, 0.25) is 6.79 Å². The van der Waals surface area contributed by atoms with Gasteiger partial charge < -0.3 is 14.2 Å². The van der Waals surface area contributed by atoms with Gasteiger partial charge in [-0.2, -0.15) is 0 Å². The average Bonchev–Trinajstić information content (AvgIpc) is 3.01. The smallest absolute Gasteiger partial charge is 0.231 e. The van der Waals surface area contributed by atoms with Crippen molar-refractivity contribution in [1.82, 2.24) is 9.80 Å². The van der Waals surface area contributed by atoms with E-state index in [0.717, 1.165) is 44.3 Å². The van der Waals surface area contributed by atoms with Gasteiger partial charge in [-0.05, 0) is 57.0 Å². The number of piperidine rings is 1. The molecular weight excluding hydrogens is 304 g/mol. The maximum absolute atomic E-state index is 5.68. The fourth-order valence-corrected chi connectivity index (χ4v) is 4.40. The molecule has 132 valence electrons. The Balaban J connectivity index is 1.34. The molecule has 1 atom stereocenters. The normalized spacial score (nSPS) is 25.8. The summed E-state index contributed by atoms with van der Waals surface area (Å²) in [5, 5.41) is 0. The number of rotatable bonds is 5. The molecule has 4 rings (SSSR count). The second-order valence-corrected chi connectivity index (χ2v) is 7.50. The lowest BCUT2D eigenvalue weighted by Crippen LogP contribution is -2.71. The molecule has 3 aliphatic rings.